The molecule has 0 aliphatic rings. The van der Waals surface area contributed by atoms with Crippen LogP contribution in [0.15, 0.2) is 18.7 Å². The van der Waals surface area contributed by atoms with E-state index in [1.54, 1.807) is 19.3 Å². The SMILES string of the molecule is Cc1ncnc(NCc2cn[nH]c2)c1F. The highest BCUT2D eigenvalue weighted by molar-refractivity contribution is 5.37. The number of hydrogen-bond donors (Lipinski definition) is 2. The molecule has 2 heterocycles. The standard InChI is InChI=1S/C9H10FN5/c1-6-8(10)9(13-5-12-6)11-2-7-3-14-15-4-7/h3-5H,2H2,1H3,(H,14,15)(H,11,12,13). The third-order valence-electron chi connectivity index (χ3n) is 1.98. The van der Waals surface area contributed by atoms with E-state index in [9.17, 15) is 4.39 Å². The molecule has 0 spiro atoms. The average molecular weight is 207 g/mol. The van der Waals surface area contributed by atoms with Gasteiger partial charge in [-0.1, -0.05) is 0 Å². The Morgan fingerprint density at radius 2 is 2.33 bits per heavy atom. The molecular weight excluding hydrogens is 197 g/mol. The van der Waals surface area contributed by atoms with Gasteiger partial charge >= 0.3 is 0 Å². The van der Waals surface area contributed by atoms with Crippen LogP contribution in [-0.2, 0) is 6.54 Å². The monoisotopic (exact) mass is 207 g/mol. The second-order valence-corrected chi connectivity index (χ2v) is 3.08. The molecule has 0 aliphatic heterocycles. The number of aryl methyl sites for hydroxylation is 1. The lowest BCUT2D eigenvalue weighted by molar-refractivity contribution is 0.604. The third-order valence-corrected chi connectivity index (χ3v) is 1.98. The number of rotatable bonds is 3. The summed E-state index contributed by atoms with van der Waals surface area (Å²) in [6, 6.07) is 0. The van der Waals surface area contributed by atoms with E-state index in [0.717, 1.165) is 5.56 Å². The fourth-order valence-corrected chi connectivity index (χ4v) is 1.14. The van der Waals surface area contributed by atoms with Crippen LogP contribution in [0.25, 0.3) is 0 Å². The van der Waals surface area contributed by atoms with Gasteiger partial charge in [0.15, 0.2) is 11.6 Å². The summed E-state index contributed by atoms with van der Waals surface area (Å²) in [7, 11) is 0. The highest BCUT2D eigenvalue weighted by Crippen LogP contribution is 2.12. The van der Waals surface area contributed by atoms with Gasteiger partial charge in [0.2, 0.25) is 0 Å². The minimum absolute atomic E-state index is 0.212. The second kappa shape index (κ2) is 4.04. The number of anilines is 1. The first kappa shape index (κ1) is 9.57. The number of aromatic amines is 1. The maximum absolute atomic E-state index is 13.4. The van der Waals surface area contributed by atoms with Gasteiger partial charge in [0.25, 0.3) is 0 Å². The Labute approximate surface area is 85.8 Å². The van der Waals surface area contributed by atoms with Crippen LogP contribution in [-0.4, -0.2) is 20.2 Å². The Morgan fingerprint density at radius 3 is 3.07 bits per heavy atom. The molecule has 0 radical (unpaired) electrons. The molecule has 0 unspecified atom stereocenters. The summed E-state index contributed by atoms with van der Waals surface area (Å²) in [5.74, 6) is -0.204. The van der Waals surface area contributed by atoms with Crippen molar-refractivity contribution >= 4 is 5.82 Å². The van der Waals surface area contributed by atoms with Crippen molar-refractivity contribution in [3.63, 3.8) is 0 Å². The summed E-state index contributed by atoms with van der Waals surface area (Å²) < 4.78 is 13.4. The van der Waals surface area contributed by atoms with Crippen molar-refractivity contribution in [1.82, 2.24) is 20.2 Å². The predicted octanol–water partition coefficient (Wildman–Crippen LogP) is 1.26. The van der Waals surface area contributed by atoms with E-state index in [-0.39, 0.29) is 5.82 Å². The van der Waals surface area contributed by atoms with Gasteiger partial charge in [-0.25, -0.2) is 14.4 Å². The van der Waals surface area contributed by atoms with Crippen LogP contribution in [0.3, 0.4) is 0 Å². The molecule has 0 bridgehead atoms. The van der Waals surface area contributed by atoms with Gasteiger partial charge in [0.05, 0.1) is 11.9 Å². The number of halogens is 1. The zero-order chi connectivity index (χ0) is 10.7. The molecule has 2 aromatic rings. The van der Waals surface area contributed by atoms with Gasteiger partial charge in [-0.15, -0.1) is 0 Å². The van der Waals surface area contributed by atoms with Crippen molar-refractivity contribution in [2.45, 2.75) is 13.5 Å². The van der Waals surface area contributed by atoms with Crippen molar-refractivity contribution < 1.29 is 4.39 Å². The van der Waals surface area contributed by atoms with Crippen LogP contribution in [0.5, 0.6) is 0 Å². The van der Waals surface area contributed by atoms with Crippen molar-refractivity contribution in [3.05, 3.63) is 35.8 Å². The first-order valence-electron chi connectivity index (χ1n) is 4.46. The third kappa shape index (κ3) is 2.09. The minimum Gasteiger partial charge on any atom is -0.363 e. The lowest BCUT2D eigenvalue weighted by atomic mass is 10.3. The Bertz CT molecular complexity index is 440. The normalized spacial score (nSPS) is 10.3. The highest BCUT2D eigenvalue weighted by atomic mass is 19.1. The molecule has 2 N–H and O–H groups in total. The molecule has 78 valence electrons. The lowest BCUT2D eigenvalue weighted by Crippen LogP contribution is -2.05. The van der Waals surface area contributed by atoms with Crippen LogP contribution in [0.2, 0.25) is 0 Å². The van der Waals surface area contributed by atoms with Crippen molar-refractivity contribution in [2.24, 2.45) is 0 Å². The van der Waals surface area contributed by atoms with E-state index in [1.807, 2.05) is 0 Å². The van der Waals surface area contributed by atoms with Gasteiger partial charge in [0, 0.05) is 18.3 Å². The van der Waals surface area contributed by atoms with Crippen LogP contribution in [0.1, 0.15) is 11.3 Å². The molecule has 15 heavy (non-hydrogen) atoms. The molecule has 0 saturated carbocycles. The van der Waals surface area contributed by atoms with E-state index < -0.39 is 5.82 Å². The molecule has 0 fully saturated rings. The molecular formula is C9H10FN5. The van der Waals surface area contributed by atoms with Gasteiger partial charge in [-0.05, 0) is 6.92 Å². The summed E-state index contributed by atoms with van der Waals surface area (Å²) in [6.45, 7) is 2.07. The smallest absolute Gasteiger partial charge is 0.186 e. The largest absolute Gasteiger partial charge is 0.363 e. The van der Waals surface area contributed by atoms with E-state index in [4.69, 9.17) is 0 Å². The second-order valence-electron chi connectivity index (χ2n) is 3.08. The van der Waals surface area contributed by atoms with E-state index in [1.165, 1.54) is 6.33 Å². The lowest BCUT2D eigenvalue weighted by Gasteiger charge is -2.05. The summed E-state index contributed by atoms with van der Waals surface area (Å²) in [5.41, 5.74) is 1.27. The fraction of sp³-hybridized carbons (Fsp3) is 0.222. The molecule has 2 aromatic heterocycles. The molecule has 0 saturated heterocycles. The molecule has 5 nitrogen and oxygen atoms in total. The van der Waals surface area contributed by atoms with Crippen molar-refractivity contribution in [1.29, 1.82) is 0 Å². The molecule has 0 aromatic carbocycles. The summed E-state index contributed by atoms with van der Waals surface area (Å²) >= 11 is 0. The zero-order valence-electron chi connectivity index (χ0n) is 8.16. The number of H-pyrrole nitrogens is 1. The van der Waals surface area contributed by atoms with Crippen LogP contribution >= 0.6 is 0 Å². The maximum atomic E-state index is 13.4. The van der Waals surface area contributed by atoms with E-state index in [2.05, 4.69) is 25.5 Å². The Kier molecular flexibility index (Phi) is 2.57. The predicted molar refractivity (Wildman–Crippen MR) is 52.6 cm³/mol. The van der Waals surface area contributed by atoms with Gasteiger partial charge in [-0.3, -0.25) is 5.10 Å². The Morgan fingerprint density at radius 1 is 1.47 bits per heavy atom. The zero-order valence-corrected chi connectivity index (χ0v) is 8.16. The number of nitrogens with one attached hydrogen (secondary N) is 2. The maximum Gasteiger partial charge on any atom is 0.186 e. The number of aromatic nitrogens is 4. The first-order chi connectivity index (χ1) is 7.27. The highest BCUT2D eigenvalue weighted by Gasteiger charge is 2.06. The summed E-state index contributed by atoms with van der Waals surface area (Å²) in [5, 5.41) is 9.33. The van der Waals surface area contributed by atoms with Crippen LogP contribution < -0.4 is 5.32 Å². The summed E-state index contributed by atoms with van der Waals surface area (Å²) in [6.07, 6.45) is 4.73. The molecule has 2 rings (SSSR count). The Balaban J connectivity index is 2.08. The molecule has 6 heteroatoms. The van der Waals surface area contributed by atoms with Gasteiger partial charge < -0.3 is 5.32 Å². The van der Waals surface area contributed by atoms with Gasteiger partial charge in [-0.2, -0.15) is 5.10 Å². The minimum atomic E-state index is -0.416. The summed E-state index contributed by atoms with van der Waals surface area (Å²) in [4.78, 5) is 7.55. The average Bonchev–Trinajstić information content (AvgIpc) is 2.73. The van der Waals surface area contributed by atoms with Crippen LogP contribution in [0.4, 0.5) is 10.2 Å². The Hall–Kier alpha value is -1.98. The van der Waals surface area contributed by atoms with Crippen molar-refractivity contribution in [2.75, 3.05) is 5.32 Å². The molecule has 0 amide bonds. The topological polar surface area (TPSA) is 66.5 Å². The van der Waals surface area contributed by atoms with Gasteiger partial charge in [0.1, 0.15) is 6.33 Å². The van der Waals surface area contributed by atoms with Crippen molar-refractivity contribution in [3.8, 4) is 0 Å². The van der Waals surface area contributed by atoms with E-state index >= 15 is 0 Å². The van der Waals surface area contributed by atoms with Crippen LogP contribution in [0, 0.1) is 12.7 Å². The first-order valence-corrected chi connectivity index (χ1v) is 4.46. The molecule has 0 aliphatic carbocycles. The van der Waals surface area contributed by atoms with E-state index in [0.29, 0.717) is 12.2 Å². The number of nitrogens with zero attached hydrogens (tertiary/aromatic N) is 3. The number of hydrogen-bond acceptors (Lipinski definition) is 4. The fourth-order valence-electron chi connectivity index (χ4n) is 1.14. The quantitative estimate of drug-likeness (QED) is 0.795. The molecule has 0 atom stereocenters.